The fourth-order valence-electron chi connectivity index (χ4n) is 1.16. The van der Waals surface area contributed by atoms with Crippen LogP contribution in [0.2, 0.25) is 0 Å². The van der Waals surface area contributed by atoms with Crippen molar-refractivity contribution in [2.24, 2.45) is 0 Å². The Morgan fingerprint density at radius 1 is 1.73 bits per heavy atom. The van der Waals surface area contributed by atoms with Crippen LogP contribution in [-0.4, -0.2) is 12.3 Å². The van der Waals surface area contributed by atoms with E-state index in [0.717, 1.165) is 6.54 Å². The molecule has 0 aliphatic carbocycles. The van der Waals surface area contributed by atoms with Gasteiger partial charge in [0.2, 0.25) is 0 Å². The van der Waals surface area contributed by atoms with Gasteiger partial charge in [0.15, 0.2) is 0 Å². The van der Waals surface area contributed by atoms with Crippen LogP contribution in [0.1, 0.15) is 19.8 Å². The standard InChI is InChI=1S/C9H15NS/c1-3-5-9-8(4-2)10-6-7-11-9/h4,10H,2-3,5-7H2,1H3. The Bertz CT molecular complexity index is 172. The fourth-order valence-corrected chi connectivity index (χ4v) is 2.27. The molecule has 0 fully saturated rings. The molecule has 0 saturated heterocycles. The molecular weight excluding hydrogens is 154 g/mol. The number of nitrogens with one attached hydrogen (secondary N) is 1. The van der Waals surface area contributed by atoms with E-state index in [2.05, 4.69) is 18.8 Å². The first kappa shape index (κ1) is 8.72. The van der Waals surface area contributed by atoms with Crippen molar-refractivity contribution in [3.63, 3.8) is 0 Å². The highest BCUT2D eigenvalue weighted by Crippen LogP contribution is 2.26. The van der Waals surface area contributed by atoms with Crippen LogP contribution in [-0.2, 0) is 0 Å². The van der Waals surface area contributed by atoms with Gasteiger partial charge in [0.05, 0.1) is 0 Å². The largest absolute Gasteiger partial charge is 0.384 e. The highest BCUT2D eigenvalue weighted by atomic mass is 32.2. The fraction of sp³-hybridized carbons (Fsp3) is 0.556. The van der Waals surface area contributed by atoms with Crippen LogP contribution in [0.4, 0.5) is 0 Å². The second-order valence-corrected chi connectivity index (χ2v) is 3.76. The molecule has 0 atom stereocenters. The van der Waals surface area contributed by atoms with E-state index < -0.39 is 0 Å². The Kier molecular flexibility index (Phi) is 3.57. The molecule has 1 heterocycles. The second kappa shape index (κ2) is 4.50. The van der Waals surface area contributed by atoms with Gasteiger partial charge in [-0.2, -0.15) is 0 Å². The lowest BCUT2D eigenvalue weighted by molar-refractivity contribution is 0.839. The third kappa shape index (κ3) is 2.29. The summed E-state index contributed by atoms with van der Waals surface area (Å²) in [6.07, 6.45) is 4.34. The zero-order chi connectivity index (χ0) is 8.10. The Morgan fingerprint density at radius 2 is 2.55 bits per heavy atom. The molecule has 1 rings (SSSR count). The van der Waals surface area contributed by atoms with Crippen molar-refractivity contribution in [1.29, 1.82) is 0 Å². The maximum Gasteiger partial charge on any atom is 0.0431 e. The number of thioether (sulfide) groups is 1. The average molecular weight is 169 g/mol. The van der Waals surface area contributed by atoms with Crippen molar-refractivity contribution < 1.29 is 0 Å². The van der Waals surface area contributed by atoms with Gasteiger partial charge >= 0.3 is 0 Å². The zero-order valence-corrected chi connectivity index (χ0v) is 7.84. The third-order valence-electron chi connectivity index (χ3n) is 1.68. The molecule has 0 unspecified atom stereocenters. The smallest absolute Gasteiger partial charge is 0.0431 e. The lowest BCUT2D eigenvalue weighted by Crippen LogP contribution is -2.20. The second-order valence-electron chi connectivity index (χ2n) is 2.57. The average Bonchev–Trinajstić information content (AvgIpc) is 2.06. The van der Waals surface area contributed by atoms with Crippen molar-refractivity contribution in [3.8, 4) is 0 Å². The molecule has 0 saturated carbocycles. The lowest BCUT2D eigenvalue weighted by atomic mass is 10.2. The molecule has 0 amide bonds. The Hall–Kier alpha value is -0.370. The summed E-state index contributed by atoms with van der Waals surface area (Å²) in [4.78, 5) is 1.48. The van der Waals surface area contributed by atoms with E-state index >= 15 is 0 Å². The van der Waals surface area contributed by atoms with E-state index in [1.165, 1.54) is 29.2 Å². The van der Waals surface area contributed by atoms with Crippen LogP contribution < -0.4 is 5.32 Å². The van der Waals surface area contributed by atoms with Crippen LogP contribution in [0.5, 0.6) is 0 Å². The Morgan fingerprint density at radius 3 is 3.18 bits per heavy atom. The quantitative estimate of drug-likeness (QED) is 0.696. The molecular formula is C9H15NS. The van der Waals surface area contributed by atoms with Crippen molar-refractivity contribution in [2.45, 2.75) is 19.8 Å². The van der Waals surface area contributed by atoms with E-state index in [9.17, 15) is 0 Å². The monoisotopic (exact) mass is 169 g/mol. The van der Waals surface area contributed by atoms with Gasteiger partial charge in [0.1, 0.15) is 0 Å². The zero-order valence-electron chi connectivity index (χ0n) is 7.02. The molecule has 11 heavy (non-hydrogen) atoms. The summed E-state index contributed by atoms with van der Waals surface area (Å²) in [5, 5.41) is 3.34. The van der Waals surface area contributed by atoms with Gasteiger partial charge in [0, 0.05) is 22.9 Å². The lowest BCUT2D eigenvalue weighted by Gasteiger charge is -2.18. The summed E-state index contributed by atoms with van der Waals surface area (Å²) >= 11 is 1.97. The van der Waals surface area contributed by atoms with Crippen molar-refractivity contribution >= 4 is 11.8 Å². The van der Waals surface area contributed by atoms with Gasteiger partial charge in [0.25, 0.3) is 0 Å². The molecule has 1 aliphatic heterocycles. The molecule has 0 aromatic rings. The van der Waals surface area contributed by atoms with Crippen LogP contribution >= 0.6 is 11.8 Å². The number of hydrogen-bond donors (Lipinski definition) is 1. The van der Waals surface area contributed by atoms with Crippen LogP contribution in [0.25, 0.3) is 0 Å². The summed E-state index contributed by atoms with van der Waals surface area (Å²) in [6.45, 7) is 7.08. The Balaban J connectivity index is 2.64. The highest BCUT2D eigenvalue weighted by Gasteiger charge is 2.08. The molecule has 0 spiro atoms. The van der Waals surface area contributed by atoms with Gasteiger partial charge in [-0.3, -0.25) is 0 Å². The van der Waals surface area contributed by atoms with Gasteiger partial charge < -0.3 is 5.32 Å². The van der Waals surface area contributed by atoms with Gasteiger partial charge in [-0.25, -0.2) is 0 Å². The van der Waals surface area contributed by atoms with Crippen LogP contribution in [0.3, 0.4) is 0 Å². The molecule has 2 heteroatoms. The normalized spacial score (nSPS) is 17.9. The topological polar surface area (TPSA) is 12.0 Å². The number of rotatable bonds is 3. The molecule has 0 bridgehead atoms. The first-order valence-corrected chi connectivity index (χ1v) is 5.09. The van der Waals surface area contributed by atoms with E-state index in [1.807, 2.05) is 17.8 Å². The molecule has 1 nitrogen and oxygen atoms in total. The van der Waals surface area contributed by atoms with E-state index in [0.29, 0.717) is 0 Å². The minimum absolute atomic E-state index is 1.08. The predicted molar refractivity (Wildman–Crippen MR) is 52.6 cm³/mol. The highest BCUT2D eigenvalue weighted by molar-refractivity contribution is 8.03. The van der Waals surface area contributed by atoms with E-state index in [1.54, 1.807) is 0 Å². The first-order valence-electron chi connectivity index (χ1n) is 4.10. The van der Waals surface area contributed by atoms with E-state index in [4.69, 9.17) is 0 Å². The summed E-state index contributed by atoms with van der Waals surface area (Å²) < 4.78 is 0. The summed E-state index contributed by atoms with van der Waals surface area (Å²) in [5.74, 6) is 1.20. The predicted octanol–water partition coefficient (Wildman–Crippen LogP) is 2.52. The molecule has 0 aromatic heterocycles. The van der Waals surface area contributed by atoms with Crippen LogP contribution in [0, 0.1) is 0 Å². The number of allylic oxidation sites excluding steroid dienone is 2. The minimum Gasteiger partial charge on any atom is -0.384 e. The minimum atomic E-state index is 1.08. The van der Waals surface area contributed by atoms with Crippen molar-refractivity contribution in [3.05, 3.63) is 23.3 Å². The molecule has 1 N–H and O–H groups in total. The van der Waals surface area contributed by atoms with Gasteiger partial charge in [-0.05, 0) is 12.5 Å². The Labute approximate surface area is 72.9 Å². The molecule has 1 aliphatic rings. The molecule has 62 valence electrons. The summed E-state index contributed by atoms with van der Waals surface area (Å²) in [5.41, 5.74) is 1.25. The summed E-state index contributed by atoms with van der Waals surface area (Å²) in [6, 6.07) is 0. The molecule has 0 radical (unpaired) electrons. The van der Waals surface area contributed by atoms with E-state index in [-0.39, 0.29) is 0 Å². The maximum absolute atomic E-state index is 3.78. The van der Waals surface area contributed by atoms with Gasteiger partial charge in [-0.15, -0.1) is 11.8 Å². The SMILES string of the molecule is C=CC1=C(CCC)SCCN1. The van der Waals surface area contributed by atoms with Crippen molar-refractivity contribution in [1.82, 2.24) is 5.32 Å². The maximum atomic E-state index is 3.78. The summed E-state index contributed by atoms with van der Waals surface area (Å²) in [7, 11) is 0. The third-order valence-corrected chi connectivity index (χ3v) is 2.86. The van der Waals surface area contributed by atoms with Crippen LogP contribution in [0.15, 0.2) is 23.3 Å². The number of hydrogen-bond acceptors (Lipinski definition) is 2. The van der Waals surface area contributed by atoms with Crippen molar-refractivity contribution in [2.75, 3.05) is 12.3 Å². The van der Waals surface area contributed by atoms with Gasteiger partial charge in [-0.1, -0.05) is 19.9 Å². The molecule has 0 aromatic carbocycles. The first-order chi connectivity index (χ1) is 5.38.